The number of nitrogens with zero attached hydrogens (tertiary/aromatic N) is 2. The first-order valence-electron chi connectivity index (χ1n) is 18.8. The van der Waals surface area contributed by atoms with Gasteiger partial charge in [0.2, 0.25) is 0 Å². The molecular weight excluding hydrogens is 617 g/mol. The first-order chi connectivity index (χ1) is 24.9. The summed E-state index contributed by atoms with van der Waals surface area (Å²) < 4.78 is 0. The quantitative estimate of drug-likeness (QED) is 0.128. The number of fused-ring (bicyclic) bond motifs is 2. The van der Waals surface area contributed by atoms with Gasteiger partial charge in [0.1, 0.15) is 0 Å². The van der Waals surface area contributed by atoms with Gasteiger partial charge in [-0.15, -0.1) is 0 Å². The van der Waals surface area contributed by atoms with Crippen molar-refractivity contribution in [1.82, 2.24) is 0 Å². The standard InChI is InChI=1S/C49H50N2/c1-6-48(5,7-2)40-27-29-41(30-28-40)49(8-3,9-4)51(43-22-11-10-12-23-43)44-34-32-42(33-35-44)50(45-31-26-37-18-13-14-20-39(37)36-45)47-25-17-21-38-19-15-16-24-46(38)47/h10-36H,6-9H2,1-5H3. The van der Waals surface area contributed by atoms with Gasteiger partial charge in [0.15, 0.2) is 0 Å². The zero-order valence-electron chi connectivity index (χ0n) is 30.8. The number of rotatable bonds is 12. The van der Waals surface area contributed by atoms with Crippen LogP contribution in [0.25, 0.3) is 21.5 Å². The van der Waals surface area contributed by atoms with E-state index in [0.717, 1.165) is 37.1 Å². The smallest absolute Gasteiger partial charge is 0.0697 e. The predicted molar refractivity (Wildman–Crippen MR) is 221 cm³/mol. The third-order valence-electron chi connectivity index (χ3n) is 11.7. The van der Waals surface area contributed by atoms with Crippen LogP contribution in [0.1, 0.15) is 71.4 Å². The van der Waals surface area contributed by atoms with Crippen molar-refractivity contribution in [3.63, 3.8) is 0 Å². The van der Waals surface area contributed by atoms with Gasteiger partial charge >= 0.3 is 0 Å². The van der Waals surface area contributed by atoms with Crippen LogP contribution in [-0.2, 0) is 11.0 Å². The van der Waals surface area contributed by atoms with Crippen molar-refractivity contribution in [3.8, 4) is 0 Å². The number of anilines is 5. The van der Waals surface area contributed by atoms with Crippen LogP contribution in [0.5, 0.6) is 0 Å². The molecule has 0 saturated carbocycles. The molecule has 0 aliphatic carbocycles. The van der Waals surface area contributed by atoms with E-state index in [0.29, 0.717) is 0 Å². The SMILES string of the molecule is CCC(C)(CC)c1ccc(C(CC)(CC)N(c2ccccc2)c2ccc(N(c3ccc4ccccc4c3)c3cccc4ccccc34)cc2)cc1. The monoisotopic (exact) mass is 666 g/mol. The molecule has 0 saturated heterocycles. The normalized spacial score (nSPS) is 11.9. The molecule has 256 valence electrons. The maximum Gasteiger partial charge on any atom is 0.0697 e. The van der Waals surface area contributed by atoms with Crippen molar-refractivity contribution in [1.29, 1.82) is 0 Å². The molecule has 7 aromatic rings. The van der Waals surface area contributed by atoms with Crippen molar-refractivity contribution < 1.29 is 0 Å². The van der Waals surface area contributed by atoms with Gasteiger partial charge in [-0.1, -0.05) is 144 Å². The van der Waals surface area contributed by atoms with Gasteiger partial charge in [-0.05, 0) is 113 Å². The van der Waals surface area contributed by atoms with Gasteiger partial charge < -0.3 is 9.80 Å². The van der Waals surface area contributed by atoms with Gasteiger partial charge in [-0.25, -0.2) is 0 Å². The van der Waals surface area contributed by atoms with Crippen molar-refractivity contribution >= 4 is 50.0 Å². The molecule has 0 aliphatic rings. The largest absolute Gasteiger partial charge is 0.331 e. The Kier molecular flexibility index (Phi) is 9.69. The van der Waals surface area contributed by atoms with E-state index in [1.54, 1.807) is 0 Å². The zero-order valence-corrected chi connectivity index (χ0v) is 30.8. The van der Waals surface area contributed by atoms with E-state index in [4.69, 9.17) is 0 Å². The molecule has 0 fully saturated rings. The van der Waals surface area contributed by atoms with Crippen LogP contribution in [0.15, 0.2) is 164 Å². The van der Waals surface area contributed by atoms with Gasteiger partial charge in [0.05, 0.1) is 11.2 Å². The van der Waals surface area contributed by atoms with Crippen LogP contribution < -0.4 is 9.80 Å². The third-order valence-corrected chi connectivity index (χ3v) is 11.7. The molecule has 0 amide bonds. The maximum absolute atomic E-state index is 2.59. The summed E-state index contributed by atoms with van der Waals surface area (Å²) in [5.74, 6) is 0. The molecule has 0 unspecified atom stereocenters. The molecule has 0 spiro atoms. The second kappa shape index (κ2) is 14.5. The van der Waals surface area contributed by atoms with Crippen LogP contribution in [0, 0.1) is 0 Å². The van der Waals surface area contributed by atoms with E-state index in [-0.39, 0.29) is 11.0 Å². The molecule has 2 heteroatoms. The summed E-state index contributed by atoms with van der Waals surface area (Å²) in [6.07, 6.45) is 4.20. The minimum absolute atomic E-state index is 0.190. The third kappa shape index (κ3) is 6.29. The predicted octanol–water partition coefficient (Wildman–Crippen LogP) is 14.4. The Balaban J connectivity index is 1.37. The lowest BCUT2D eigenvalue weighted by atomic mass is 9.76. The average molecular weight is 667 g/mol. The molecular formula is C49H50N2. The molecule has 7 aromatic carbocycles. The summed E-state index contributed by atoms with van der Waals surface area (Å²) in [6.45, 7) is 11.7. The van der Waals surface area contributed by atoms with Crippen LogP contribution >= 0.6 is 0 Å². The van der Waals surface area contributed by atoms with E-state index in [9.17, 15) is 0 Å². The fourth-order valence-corrected chi connectivity index (χ4v) is 8.06. The minimum Gasteiger partial charge on any atom is -0.331 e. The Morgan fingerprint density at radius 2 is 0.941 bits per heavy atom. The zero-order chi connectivity index (χ0) is 35.4. The van der Waals surface area contributed by atoms with E-state index in [1.807, 2.05) is 0 Å². The molecule has 0 aliphatic heterocycles. The van der Waals surface area contributed by atoms with E-state index < -0.39 is 0 Å². The number of hydrogen-bond donors (Lipinski definition) is 0. The summed E-state index contributed by atoms with van der Waals surface area (Å²) in [4.78, 5) is 5.00. The summed E-state index contributed by atoms with van der Waals surface area (Å²) in [5, 5.41) is 4.93. The highest BCUT2D eigenvalue weighted by Crippen LogP contribution is 2.46. The van der Waals surface area contributed by atoms with Crippen molar-refractivity contribution in [2.75, 3.05) is 9.80 Å². The lowest BCUT2D eigenvalue weighted by Gasteiger charge is -2.46. The van der Waals surface area contributed by atoms with Gasteiger partial charge in [-0.3, -0.25) is 0 Å². The number of para-hydroxylation sites is 1. The number of benzene rings is 7. The van der Waals surface area contributed by atoms with Crippen molar-refractivity contribution in [2.24, 2.45) is 0 Å². The first kappa shape index (κ1) is 34.1. The molecule has 7 rings (SSSR count). The summed E-state index contributed by atoms with van der Waals surface area (Å²) in [6, 6.07) is 60.5. The summed E-state index contributed by atoms with van der Waals surface area (Å²) >= 11 is 0. The van der Waals surface area contributed by atoms with Crippen LogP contribution in [0.3, 0.4) is 0 Å². The van der Waals surface area contributed by atoms with Gasteiger partial charge in [0.25, 0.3) is 0 Å². The lowest BCUT2D eigenvalue weighted by molar-refractivity contribution is 0.402. The maximum atomic E-state index is 2.59. The molecule has 0 atom stereocenters. The summed E-state index contributed by atoms with van der Waals surface area (Å²) in [7, 11) is 0. The van der Waals surface area contributed by atoms with Crippen LogP contribution in [0.2, 0.25) is 0 Å². The second-order valence-corrected chi connectivity index (χ2v) is 14.1. The van der Waals surface area contributed by atoms with Gasteiger partial charge in [-0.2, -0.15) is 0 Å². The molecule has 2 nitrogen and oxygen atoms in total. The molecule has 0 bridgehead atoms. The fourth-order valence-electron chi connectivity index (χ4n) is 8.06. The molecule has 0 heterocycles. The van der Waals surface area contributed by atoms with Crippen LogP contribution in [0.4, 0.5) is 28.4 Å². The Labute approximate surface area is 305 Å². The Morgan fingerprint density at radius 1 is 0.412 bits per heavy atom. The second-order valence-electron chi connectivity index (χ2n) is 14.1. The lowest BCUT2D eigenvalue weighted by Crippen LogP contribution is -2.42. The van der Waals surface area contributed by atoms with E-state index in [2.05, 4.69) is 208 Å². The van der Waals surface area contributed by atoms with E-state index >= 15 is 0 Å². The highest BCUT2D eigenvalue weighted by atomic mass is 15.2. The fraction of sp³-hybridized carbons (Fsp3) is 0.224. The Morgan fingerprint density at radius 3 is 1.61 bits per heavy atom. The van der Waals surface area contributed by atoms with Crippen molar-refractivity contribution in [3.05, 3.63) is 175 Å². The first-order valence-corrected chi connectivity index (χ1v) is 18.8. The van der Waals surface area contributed by atoms with E-state index in [1.165, 1.54) is 49.7 Å². The minimum atomic E-state index is -0.232. The molecule has 0 N–H and O–H groups in total. The topological polar surface area (TPSA) is 6.48 Å². The Bertz CT molecular complexity index is 2200. The van der Waals surface area contributed by atoms with Gasteiger partial charge in [0, 0.05) is 28.1 Å². The molecule has 51 heavy (non-hydrogen) atoms. The average Bonchev–Trinajstić information content (AvgIpc) is 3.20. The van der Waals surface area contributed by atoms with Crippen molar-refractivity contribution in [2.45, 2.75) is 71.3 Å². The van der Waals surface area contributed by atoms with Crippen LogP contribution in [-0.4, -0.2) is 0 Å². The number of hydrogen-bond acceptors (Lipinski definition) is 2. The molecule has 0 radical (unpaired) electrons. The Hall–Kier alpha value is -5.34. The molecule has 0 aromatic heterocycles. The highest BCUT2D eigenvalue weighted by molar-refractivity contribution is 6.00. The summed E-state index contributed by atoms with van der Waals surface area (Å²) in [5.41, 5.74) is 8.55. The highest BCUT2D eigenvalue weighted by Gasteiger charge is 2.37.